The van der Waals surface area contributed by atoms with E-state index in [1.54, 1.807) is 62.1 Å². The summed E-state index contributed by atoms with van der Waals surface area (Å²) in [5.41, 5.74) is 3.36. The van der Waals surface area contributed by atoms with Crippen molar-refractivity contribution in [1.82, 2.24) is 10.2 Å². The van der Waals surface area contributed by atoms with Crippen LogP contribution < -0.4 is 10.6 Å². The number of ether oxygens (including phenoxy) is 1. The van der Waals surface area contributed by atoms with Gasteiger partial charge in [-0.05, 0) is 81.5 Å². The second-order valence-corrected chi connectivity index (χ2v) is 12.9. The Morgan fingerprint density at radius 1 is 0.915 bits per heavy atom. The van der Waals surface area contributed by atoms with Crippen LogP contribution in [0.4, 0.5) is 10.5 Å². The lowest BCUT2D eigenvalue weighted by molar-refractivity contribution is -0.140. The highest BCUT2D eigenvalue weighted by molar-refractivity contribution is 6.00. The van der Waals surface area contributed by atoms with E-state index in [-0.39, 0.29) is 18.7 Å². The maximum atomic E-state index is 14.8. The summed E-state index contributed by atoms with van der Waals surface area (Å²) in [6.07, 6.45) is 9.92. The van der Waals surface area contributed by atoms with E-state index in [2.05, 4.69) is 23.5 Å². The minimum Gasteiger partial charge on any atom is -0.508 e. The molecule has 0 bridgehead atoms. The van der Waals surface area contributed by atoms with E-state index in [1.807, 2.05) is 32.0 Å². The molecule has 0 saturated carbocycles. The van der Waals surface area contributed by atoms with Crippen LogP contribution in [0.1, 0.15) is 93.7 Å². The number of amides is 3. The number of alkyl carbamates (subject to hydrolysis) is 1. The van der Waals surface area contributed by atoms with Gasteiger partial charge in [0.2, 0.25) is 5.91 Å². The molecule has 0 aliphatic carbocycles. The van der Waals surface area contributed by atoms with Crippen LogP contribution >= 0.6 is 0 Å². The van der Waals surface area contributed by atoms with Crippen molar-refractivity contribution in [3.63, 3.8) is 0 Å². The second-order valence-electron chi connectivity index (χ2n) is 12.9. The van der Waals surface area contributed by atoms with Gasteiger partial charge in [0.1, 0.15) is 23.4 Å². The van der Waals surface area contributed by atoms with Crippen molar-refractivity contribution in [2.24, 2.45) is 0 Å². The number of carbonyl (C=O) groups excluding carboxylic acids is 3. The fourth-order valence-corrected chi connectivity index (χ4v) is 5.49. The van der Waals surface area contributed by atoms with Crippen LogP contribution in [0.2, 0.25) is 0 Å². The summed E-state index contributed by atoms with van der Waals surface area (Å²) in [5.74, 6) is 1.92. The highest BCUT2D eigenvalue weighted by Gasteiger charge is 2.37. The number of rotatable bonds is 14. The standard InChI is InChI=1S/C39H49N3O5/c1-8-10-11-12-15-25-42(37(45)33(40-38(46)47-39(5,6)7)26-29-21-23-31(43)24-22-29)35(32-20-14-13-19-30(32)9-2)36(44)41-34-27(3)17-16-18-28(34)4/h2,13-14,16-24,33,35,43H,8,10-12,15,25-26H2,1,3-7H3,(H,40,46)(H,41,44). The molecule has 250 valence electrons. The second kappa shape index (κ2) is 17.2. The quantitative estimate of drug-likeness (QED) is 0.124. The molecule has 8 nitrogen and oxygen atoms in total. The number of anilines is 1. The lowest BCUT2D eigenvalue weighted by Crippen LogP contribution is -2.53. The Morgan fingerprint density at radius 3 is 2.17 bits per heavy atom. The average Bonchev–Trinajstić information content (AvgIpc) is 3.01. The van der Waals surface area contributed by atoms with Gasteiger partial charge in [0, 0.05) is 24.2 Å². The zero-order chi connectivity index (χ0) is 34.6. The third-order valence-electron chi connectivity index (χ3n) is 7.85. The first-order valence-corrected chi connectivity index (χ1v) is 16.3. The summed E-state index contributed by atoms with van der Waals surface area (Å²) in [4.78, 5) is 44.0. The number of phenols is 1. The van der Waals surface area contributed by atoms with Crippen molar-refractivity contribution in [1.29, 1.82) is 0 Å². The number of hydrogen-bond acceptors (Lipinski definition) is 5. The topological polar surface area (TPSA) is 108 Å². The van der Waals surface area contributed by atoms with Crippen LogP contribution in [0, 0.1) is 26.2 Å². The van der Waals surface area contributed by atoms with Gasteiger partial charge in [0.25, 0.3) is 5.91 Å². The minimum absolute atomic E-state index is 0.0829. The number of aryl methyl sites for hydroxylation is 2. The van der Waals surface area contributed by atoms with Gasteiger partial charge >= 0.3 is 6.09 Å². The molecule has 8 heteroatoms. The first-order valence-electron chi connectivity index (χ1n) is 16.3. The molecule has 2 unspecified atom stereocenters. The lowest BCUT2D eigenvalue weighted by atomic mass is 9.95. The Hall–Kier alpha value is -4.77. The zero-order valence-corrected chi connectivity index (χ0v) is 28.6. The Bertz CT molecular complexity index is 1530. The molecule has 0 heterocycles. The van der Waals surface area contributed by atoms with Crippen LogP contribution in [0.3, 0.4) is 0 Å². The van der Waals surface area contributed by atoms with Gasteiger partial charge in [-0.3, -0.25) is 9.59 Å². The molecule has 0 fully saturated rings. The van der Waals surface area contributed by atoms with Crippen molar-refractivity contribution in [3.8, 4) is 18.1 Å². The predicted octanol–water partition coefficient (Wildman–Crippen LogP) is 7.61. The molecule has 3 N–H and O–H groups in total. The number of unbranched alkanes of at least 4 members (excludes halogenated alkanes) is 4. The summed E-state index contributed by atoms with van der Waals surface area (Å²) in [6.45, 7) is 11.5. The third kappa shape index (κ3) is 10.9. The fraction of sp³-hybridized carbons (Fsp3) is 0.410. The summed E-state index contributed by atoms with van der Waals surface area (Å²) >= 11 is 0. The number of benzene rings is 3. The Balaban J connectivity index is 2.14. The molecule has 0 aliphatic heterocycles. The maximum Gasteiger partial charge on any atom is 0.408 e. The summed E-state index contributed by atoms with van der Waals surface area (Å²) < 4.78 is 5.55. The number of phenolic OH excluding ortho intramolecular Hbond substituents is 1. The number of nitrogens with zero attached hydrogens (tertiary/aromatic N) is 1. The molecule has 0 radical (unpaired) electrons. The van der Waals surface area contributed by atoms with Crippen LogP contribution in [0.15, 0.2) is 66.7 Å². The predicted molar refractivity (Wildman–Crippen MR) is 187 cm³/mol. The first-order chi connectivity index (χ1) is 22.3. The molecular weight excluding hydrogens is 590 g/mol. The Morgan fingerprint density at radius 2 is 1.55 bits per heavy atom. The smallest absolute Gasteiger partial charge is 0.408 e. The number of terminal acetylenes is 1. The average molecular weight is 640 g/mol. The van der Waals surface area contributed by atoms with Crippen molar-refractivity contribution in [2.75, 3.05) is 11.9 Å². The van der Waals surface area contributed by atoms with Crippen LogP contribution in [0.25, 0.3) is 0 Å². The summed E-state index contributed by atoms with van der Waals surface area (Å²) in [5, 5.41) is 15.7. The number of nitrogens with one attached hydrogen (secondary N) is 2. The monoisotopic (exact) mass is 639 g/mol. The van der Waals surface area contributed by atoms with Gasteiger partial charge in [0.05, 0.1) is 0 Å². The number of hydrogen-bond donors (Lipinski definition) is 3. The van der Waals surface area contributed by atoms with Crippen LogP contribution in [0.5, 0.6) is 5.75 Å². The molecule has 2 atom stereocenters. The summed E-state index contributed by atoms with van der Waals surface area (Å²) in [6, 6.07) is 17.2. The molecular formula is C39H49N3O5. The molecule has 47 heavy (non-hydrogen) atoms. The van der Waals surface area contributed by atoms with Crippen LogP contribution in [-0.4, -0.2) is 46.1 Å². The molecule has 0 aliphatic rings. The van der Waals surface area contributed by atoms with Crippen molar-refractivity contribution in [2.45, 2.75) is 97.8 Å². The first kappa shape index (κ1) is 36.7. The number of carbonyl (C=O) groups is 3. The number of aromatic hydroxyl groups is 1. The largest absolute Gasteiger partial charge is 0.508 e. The summed E-state index contributed by atoms with van der Waals surface area (Å²) in [7, 11) is 0. The normalized spacial score (nSPS) is 12.4. The van der Waals surface area contributed by atoms with E-state index in [0.717, 1.165) is 36.8 Å². The molecule has 3 amide bonds. The molecule has 3 aromatic carbocycles. The van der Waals surface area contributed by atoms with E-state index in [4.69, 9.17) is 11.2 Å². The highest BCUT2D eigenvalue weighted by Crippen LogP contribution is 2.30. The molecule has 0 aromatic heterocycles. The van der Waals surface area contributed by atoms with E-state index in [0.29, 0.717) is 28.8 Å². The van der Waals surface area contributed by atoms with E-state index < -0.39 is 35.6 Å². The minimum atomic E-state index is -1.09. The van der Waals surface area contributed by atoms with Crippen LogP contribution in [-0.2, 0) is 20.7 Å². The SMILES string of the molecule is C#Cc1ccccc1C(C(=O)Nc1c(C)cccc1C)N(CCCCCCC)C(=O)C(Cc1ccc(O)cc1)NC(=O)OC(C)(C)C. The van der Waals surface area contributed by atoms with E-state index in [9.17, 15) is 19.5 Å². The molecule has 3 aromatic rings. The third-order valence-corrected chi connectivity index (χ3v) is 7.85. The molecule has 0 saturated heterocycles. The maximum absolute atomic E-state index is 14.8. The fourth-order valence-electron chi connectivity index (χ4n) is 5.49. The molecule has 3 rings (SSSR count). The van der Waals surface area contributed by atoms with E-state index >= 15 is 0 Å². The van der Waals surface area contributed by atoms with Gasteiger partial charge in [-0.25, -0.2) is 4.79 Å². The Labute approximate surface area is 279 Å². The number of para-hydroxylation sites is 1. The van der Waals surface area contributed by atoms with Gasteiger partial charge in [-0.2, -0.15) is 0 Å². The van der Waals surface area contributed by atoms with Crippen molar-refractivity contribution < 1.29 is 24.2 Å². The van der Waals surface area contributed by atoms with Crippen molar-refractivity contribution in [3.05, 3.63) is 94.5 Å². The van der Waals surface area contributed by atoms with Crippen molar-refractivity contribution >= 4 is 23.6 Å². The highest BCUT2D eigenvalue weighted by atomic mass is 16.6. The Kier molecular flexibility index (Phi) is 13.5. The van der Waals surface area contributed by atoms with E-state index in [1.165, 1.54) is 12.1 Å². The van der Waals surface area contributed by atoms with Gasteiger partial charge < -0.3 is 25.4 Å². The van der Waals surface area contributed by atoms with Gasteiger partial charge in [-0.1, -0.05) is 87.1 Å². The van der Waals surface area contributed by atoms with Gasteiger partial charge in [-0.15, -0.1) is 6.42 Å². The zero-order valence-electron chi connectivity index (χ0n) is 28.6. The lowest BCUT2D eigenvalue weighted by Gasteiger charge is -2.35. The van der Waals surface area contributed by atoms with Gasteiger partial charge in [0.15, 0.2) is 0 Å². The molecule has 0 spiro atoms.